The van der Waals surface area contributed by atoms with E-state index in [1.165, 1.54) is 19.3 Å². The zero-order chi connectivity index (χ0) is 10.9. The number of rotatable bonds is 3. The molecule has 0 atom stereocenters. The second-order valence-corrected chi connectivity index (χ2v) is 4.63. The number of hydrogen-bond donors (Lipinski definition) is 2. The van der Waals surface area contributed by atoms with E-state index in [0.29, 0.717) is 5.69 Å². The standard InChI is InChI=1S/C10H14N4S/c1-10(3-2-4-10)14-8-6-12-7(5-13-8)9(11)15/h5-6H,2-4H2,1H3,(H2,11,15)(H,13,14). The Kier molecular flexibility index (Phi) is 2.56. The molecule has 1 aromatic rings. The van der Waals surface area contributed by atoms with Crippen LogP contribution in [0.4, 0.5) is 5.82 Å². The monoisotopic (exact) mass is 222 g/mol. The van der Waals surface area contributed by atoms with Crippen LogP contribution in [0.3, 0.4) is 0 Å². The summed E-state index contributed by atoms with van der Waals surface area (Å²) in [7, 11) is 0. The van der Waals surface area contributed by atoms with Gasteiger partial charge in [0, 0.05) is 5.54 Å². The predicted octanol–water partition coefficient (Wildman–Crippen LogP) is 1.47. The van der Waals surface area contributed by atoms with Crippen LogP contribution >= 0.6 is 12.2 Å². The summed E-state index contributed by atoms with van der Waals surface area (Å²) in [6.45, 7) is 2.19. The van der Waals surface area contributed by atoms with Crippen LogP contribution in [0, 0.1) is 0 Å². The molecule has 0 amide bonds. The Morgan fingerprint density at radius 2 is 2.20 bits per heavy atom. The molecule has 4 nitrogen and oxygen atoms in total. The lowest BCUT2D eigenvalue weighted by Crippen LogP contribution is -2.41. The molecule has 1 aliphatic rings. The minimum Gasteiger partial charge on any atom is -0.388 e. The van der Waals surface area contributed by atoms with Gasteiger partial charge in [0.25, 0.3) is 0 Å². The zero-order valence-corrected chi connectivity index (χ0v) is 9.47. The van der Waals surface area contributed by atoms with Crippen LogP contribution in [-0.2, 0) is 0 Å². The smallest absolute Gasteiger partial charge is 0.144 e. The van der Waals surface area contributed by atoms with Crippen LogP contribution in [0.5, 0.6) is 0 Å². The maximum atomic E-state index is 5.44. The Balaban J connectivity index is 2.07. The van der Waals surface area contributed by atoms with Crippen molar-refractivity contribution < 1.29 is 0 Å². The lowest BCUT2D eigenvalue weighted by molar-refractivity contribution is 0.305. The summed E-state index contributed by atoms with van der Waals surface area (Å²) in [6.07, 6.45) is 6.93. The SMILES string of the molecule is CC1(Nc2cnc(C(N)=S)cn2)CCC1. The highest BCUT2D eigenvalue weighted by Crippen LogP contribution is 2.33. The van der Waals surface area contributed by atoms with Gasteiger partial charge in [0.1, 0.15) is 16.5 Å². The molecule has 0 spiro atoms. The van der Waals surface area contributed by atoms with Gasteiger partial charge in [0.2, 0.25) is 0 Å². The largest absolute Gasteiger partial charge is 0.388 e. The van der Waals surface area contributed by atoms with E-state index in [4.69, 9.17) is 18.0 Å². The van der Waals surface area contributed by atoms with Crippen molar-refractivity contribution in [3.8, 4) is 0 Å². The van der Waals surface area contributed by atoms with Crippen molar-refractivity contribution in [1.82, 2.24) is 9.97 Å². The molecule has 1 heterocycles. The van der Waals surface area contributed by atoms with Crippen LogP contribution < -0.4 is 11.1 Å². The van der Waals surface area contributed by atoms with Crippen molar-refractivity contribution in [1.29, 1.82) is 0 Å². The highest BCUT2D eigenvalue weighted by molar-refractivity contribution is 7.80. The number of nitrogens with zero attached hydrogens (tertiary/aromatic N) is 2. The fourth-order valence-electron chi connectivity index (χ4n) is 1.66. The Bertz CT molecular complexity index is 370. The third-order valence-corrected chi connectivity index (χ3v) is 3.00. The second kappa shape index (κ2) is 3.73. The first-order chi connectivity index (χ1) is 7.09. The van der Waals surface area contributed by atoms with Crippen LogP contribution in [-0.4, -0.2) is 20.5 Å². The molecule has 0 unspecified atom stereocenters. The van der Waals surface area contributed by atoms with E-state index in [2.05, 4.69) is 22.2 Å². The van der Waals surface area contributed by atoms with Crippen molar-refractivity contribution >= 4 is 23.0 Å². The average molecular weight is 222 g/mol. The Labute approximate surface area is 94.3 Å². The summed E-state index contributed by atoms with van der Waals surface area (Å²) < 4.78 is 0. The summed E-state index contributed by atoms with van der Waals surface area (Å²) >= 11 is 4.80. The van der Waals surface area contributed by atoms with Gasteiger partial charge < -0.3 is 11.1 Å². The van der Waals surface area contributed by atoms with Gasteiger partial charge in [-0.25, -0.2) is 9.97 Å². The van der Waals surface area contributed by atoms with Gasteiger partial charge in [-0.05, 0) is 26.2 Å². The number of anilines is 1. The first-order valence-corrected chi connectivity index (χ1v) is 5.40. The molecule has 1 fully saturated rings. The van der Waals surface area contributed by atoms with Gasteiger partial charge in [0.05, 0.1) is 12.4 Å². The van der Waals surface area contributed by atoms with E-state index in [-0.39, 0.29) is 10.5 Å². The fraction of sp³-hybridized carbons (Fsp3) is 0.500. The summed E-state index contributed by atoms with van der Waals surface area (Å²) in [4.78, 5) is 8.64. The lowest BCUT2D eigenvalue weighted by atomic mass is 9.78. The first kappa shape index (κ1) is 10.3. The number of nitrogens with one attached hydrogen (secondary N) is 1. The van der Waals surface area contributed by atoms with Crippen molar-refractivity contribution in [3.63, 3.8) is 0 Å². The molecular weight excluding hydrogens is 208 g/mol. The van der Waals surface area contributed by atoms with E-state index in [9.17, 15) is 0 Å². The molecule has 2 rings (SSSR count). The molecule has 3 N–H and O–H groups in total. The minimum absolute atomic E-state index is 0.194. The molecule has 1 saturated carbocycles. The minimum atomic E-state index is 0.194. The van der Waals surface area contributed by atoms with Gasteiger partial charge in [-0.2, -0.15) is 0 Å². The van der Waals surface area contributed by atoms with Crippen molar-refractivity contribution in [3.05, 3.63) is 18.1 Å². The Hall–Kier alpha value is -1.23. The molecule has 0 radical (unpaired) electrons. The van der Waals surface area contributed by atoms with Gasteiger partial charge in [-0.1, -0.05) is 12.2 Å². The zero-order valence-electron chi connectivity index (χ0n) is 8.66. The predicted molar refractivity (Wildman–Crippen MR) is 63.8 cm³/mol. The highest BCUT2D eigenvalue weighted by atomic mass is 32.1. The van der Waals surface area contributed by atoms with E-state index in [0.717, 1.165) is 5.82 Å². The van der Waals surface area contributed by atoms with Crippen molar-refractivity contribution in [2.75, 3.05) is 5.32 Å². The highest BCUT2D eigenvalue weighted by Gasteiger charge is 2.31. The summed E-state index contributed by atoms with van der Waals surface area (Å²) in [5.74, 6) is 0.789. The molecule has 1 aliphatic carbocycles. The number of thiocarbonyl (C=S) groups is 1. The second-order valence-electron chi connectivity index (χ2n) is 4.19. The summed E-state index contributed by atoms with van der Waals surface area (Å²) in [5.41, 5.74) is 6.19. The third kappa shape index (κ3) is 2.23. The summed E-state index contributed by atoms with van der Waals surface area (Å²) in [5, 5.41) is 3.36. The average Bonchev–Trinajstić information content (AvgIpc) is 2.16. The van der Waals surface area contributed by atoms with Gasteiger partial charge in [-0.3, -0.25) is 0 Å². The molecule has 0 bridgehead atoms. The normalized spacial score (nSPS) is 17.9. The van der Waals surface area contributed by atoms with Gasteiger partial charge >= 0.3 is 0 Å². The molecule has 0 saturated heterocycles. The molecule has 80 valence electrons. The first-order valence-electron chi connectivity index (χ1n) is 4.99. The number of aromatic nitrogens is 2. The summed E-state index contributed by atoms with van der Waals surface area (Å²) in [6, 6.07) is 0. The van der Waals surface area contributed by atoms with E-state index in [1.807, 2.05) is 0 Å². The van der Waals surface area contributed by atoms with Crippen LogP contribution in [0.15, 0.2) is 12.4 Å². The van der Waals surface area contributed by atoms with Crippen LogP contribution in [0.2, 0.25) is 0 Å². The quantitative estimate of drug-likeness (QED) is 0.758. The Morgan fingerprint density at radius 3 is 2.60 bits per heavy atom. The van der Waals surface area contributed by atoms with Crippen molar-refractivity contribution in [2.24, 2.45) is 5.73 Å². The molecule has 0 aliphatic heterocycles. The van der Waals surface area contributed by atoms with Crippen LogP contribution in [0.25, 0.3) is 0 Å². The molecule has 1 aromatic heterocycles. The van der Waals surface area contributed by atoms with Crippen molar-refractivity contribution in [2.45, 2.75) is 31.7 Å². The van der Waals surface area contributed by atoms with Crippen LogP contribution in [0.1, 0.15) is 31.9 Å². The van der Waals surface area contributed by atoms with E-state index in [1.54, 1.807) is 12.4 Å². The third-order valence-electron chi connectivity index (χ3n) is 2.79. The molecule has 5 heteroatoms. The van der Waals surface area contributed by atoms with E-state index < -0.39 is 0 Å². The van der Waals surface area contributed by atoms with E-state index >= 15 is 0 Å². The topological polar surface area (TPSA) is 63.8 Å². The lowest BCUT2D eigenvalue weighted by Gasteiger charge is -2.39. The maximum Gasteiger partial charge on any atom is 0.144 e. The molecule has 15 heavy (non-hydrogen) atoms. The number of nitrogens with two attached hydrogens (primary N) is 1. The maximum absolute atomic E-state index is 5.44. The number of hydrogen-bond acceptors (Lipinski definition) is 4. The fourth-order valence-corrected chi connectivity index (χ4v) is 1.77. The molecule has 0 aromatic carbocycles. The van der Waals surface area contributed by atoms with Gasteiger partial charge in [0.15, 0.2) is 0 Å². The Morgan fingerprint density at radius 1 is 1.47 bits per heavy atom. The molecular formula is C10H14N4S. The van der Waals surface area contributed by atoms with Gasteiger partial charge in [-0.15, -0.1) is 0 Å².